The molecule has 19 heavy (non-hydrogen) atoms. The Balaban J connectivity index is 2.18. The smallest absolute Gasteiger partial charge is 0.119 e. The summed E-state index contributed by atoms with van der Waals surface area (Å²) in [6.07, 6.45) is 1.89. The van der Waals surface area contributed by atoms with Gasteiger partial charge in [-0.1, -0.05) is 19.1 Å². The predicted octanol–water partition coefficient (Wildman–Crippen LogP) is 3.71. The van der Waals surface area contributed by atoms with Crippen LogP contribution in [0.5, 0.6) is 5.75 Å². The van der Waals surface area contributed by atoms with Gasteiger partial charge in [0.15, 0.2) is 0 Å². The van der Waals surface area contributed by atoms with Gasteiger partial charge in [0.2, 0.25) is 0 Å². The molecule has 0 aliphatic heterocycles. The van der Waals surface area contributed by atoms with E-state index in [0.29, 0.717) is 0 Å². The van der Waals surface area contributed by atoms with Gasteiger partial charge >= 0.3 is 0 Å². The predicted molar refractivity (Wildman–Crippen MR) is 74.4 cm³/mol. The van der Waals surface area contributed by atoms with Gasteiger partial charge in [0, 0.05) is 12.0 Å². The van der Waals surface area contributed by atoms with Crippen molar-refractivity contribution in [3.05, 3.63) is 53.5 Å². The van der Waals surface area contributed by atoms with E-state index in [-0.39, 0.29) is 6.10 Å². The minimum Gasteiger partial charge on any atom is -0.491 e. The minimum absolute atomic E-state index is 0.149. The zero-order chi connectivity index (χ0) is 13.8. The van der Waals surface area contributed by atoms with Crippen LogP contribution in [0, 0.1) is 0 Å². The number of aryl methyl sites for hydroxylation is 1. The van der Waals surface area contributed by atoms with Crippen molar-refractivity contribution in [3.8, 4) is 5.75 Å². The summed E-state index contributed by atoms with van der Waals surface area (Å²) in [6, 6.07) is 9.35. The molecule has 2 rings (SSSR count). The number of aliphatic hydroxyl groups excluding tert-OH is 1. The van der Waals surface area contributed by atoms with Crippen LogP contribution in [-0.2, 0) is 6.42 Å². The molecule has 3 heteroatoms. The number of hydrogen-bond donors (Lipinski definition) is 1. The largest absolute Gasteiger partial charge is 0.491 e. The standard InChI is InChI=1S/C16H20O3/c1-4-15-14(9-10-18-15)16(17)12-5-7-13(8-6-12)19-11(2)3/h5-11,16-17H,4H2,1-3H3. The molecule has 1 N–H and O–H groups in total. The highest BCUT2D eigenvalue weighted by Crippen LogP contribution is 2.27. The highest BCUT2D eigenvalue weighted by molar-refractivity contribution is 5.35. The molecule has 0 saturated carbocycles. The summed E-state index contributed by atoms with van der Waals surface area (Å²) in [5, 5.41) is 10.4. The van der Waals surface area contributed by atoms with Crippen LogP contribution in [0.25, 0.3) is 0 Å². The van der Waals surface area contributed by atoms with Crippen LogP contribution < -0.4 is 4.74 Å². The third kappa shape index (κ3) is 3.18. The number of benzene rings is 1. The maximum Gasteiger partial charge on any atom is 0.119 e. The van der Waals surface area contributed by atoms with Gasteiger partial charge in [-0.3, -0.25) is 0 Å². The van der Waals surface area contributed by atoms with Crippen molar-refractivity contribution >= 4 is 0 Å². The molecule has 102 valence electrons. The first-order valence-electron chi connectivity index (χ1n) is 6.62. The van der Waals surface area contributed by atoms with E-state index in [9.17, 15) is 5.11 Å². The lowest BCUT2D eigenvalue weighted by Crippen LogP contribution is -2.06. The summed E-state index contributed by atoms with van der Waals surface area (Å²) in [5.74, 6) is 1.64. The van der Waals surface area contributed by atoms with E-state index in [0.717, 1.165) is 29.1 Å². The highest BCUT2D eigenvalue weighted by Gasteiger charge is 2.16. The van der Waals surface area contributed by atoms with E-state index in [4.69, 9.17) is 9.15 Å². The van der Waals surface area contributed by atoms with Crippen LogP contribution in [0.2, 0.25) is 0 Å². The lowest BCUT2D eigenvalue weighted by molar-refractivity contribution is 0.216. The number of furan rings is 1. The minimum atomic E-state index is -0.651. The third-order valence-electron chi connectivity index (χ3n) is 2.96. The molecule has 0 spiro atoms. The monoisotopic (exact) mass is 260 g/mol. The fraction of sp³-hybridized carbons (Fsp3) is 0.375. The third-order valence-corrected chi connectivity index (χ3v) is 2.96. The molecule has 0 radical (unpaired) electrons. The highest BCUT2D eigenvalue weighted by atomic mass is 16.5. The summed E-state index contributed by atoms with van der Waals surface area (Å²) >= 11 is 0. The maximum absolute atomic E-state index is 10.4. The zero-order valence-electron chi connectivity index (χ0n) is 11.6. The molecule has 1 aromatic heterocycles. The molecule has 1 unspecified atom stereocenters. The second-order valence-electron chi connectivity index (χ2n) is 4.79. The summed E-state index contributed by atoms with van der Waals surface area (Å²) in [6.45, 7) is 5.98. The van der Waals surface area contributed by atoms with Crippen molar-refractivity contribution in [2.45, 2.75) is 39.4 Å². The first-order chi connectivity index (χ1) is 9.11. The Kier molecular flexibility index (Phi) is 4.27. The molecule has 3 nitrogen and oxygen atoms in total. The van der Waals surface area contributed by atoms with E-state index in [1.807, 2.05) is 51.1 Å². The topological polar surface area (TPSA) is 42.6 Å². The fourth-order valence-corrected chi connectivity index (χ4v) is 2.06. The quantitative estimate of drug-likeness (QED) is 0.891. The van der Waals surface area contributed by atoms with Gasteiger partial charge in [0.1, 0.15) is 17.6 Å². The first kappa shape index (κ1) is 13.7. The van der Waals surface area contributed by atoms with Crippen molar-refractivity contribution in [1.82, 2.24) is 0 Å². The van der Waals surface area contributed by atoms with E-state index in [1.54, 1.807) is 6.26 Å². The second kappa shape index (κ2) is 5.93. The van der Waals surface area contributed by atoms with Crippen molar-refractivity contribution in [1.29, 1.82) is 0 Å². The van der Waals surface area contributed by atoms with Crippen LogP contribution in [-0.4, -0.2) is 11.2 Å². The summed E-state index contributed by atoms with van der Waals surface area (Å²) in [4.78, 5) is 0. The Hall–Kier alpha value is -1.74. The van der Waals surface area contributed by atoms with Crippen LogP contribution in [0.4, 0.5) is 0 Å². The lowest BCUT2D eigenvalue weighted by atomic mass is 10.0. The molecule has 1 atom stereocenters. The summed E-state index contributed by atoms with van der Waals surface area (Å²) < 4.78 is 10.9. The van der Waals surface area contributed by atoms with Gasteiger partial charge in [0.25, 0.3) is 0 Å². The maximum atomic E-state index is 10.4. The van der Waals surface area contributed by atoms with Crippen LogP contribution in [0.3, 0.4) is 0 Å². The molecule has 0 amide bonds. The Bertz CT molecular complexity index is 511. The van der Waals surface area contributed by atoms with Crippen LogP contribution in [0.1, 0.15) is 43.8 Å². The number of rotatable bonds is 5. The molecule has 0 aliphatic rings. The van der Waals surface area contributed by atoms with Gasteiger partial charge in [0.05, 0.1) is 12.4 Å². The van der Waals surface area contributed by atoms with E-state index < -0.39 is 6.10 Å². The number of aliphatic hydroxyl groups is 1. The van der Waals surface area contributed by atoms with E-state index in [1.165, 1.54) is 0 Å². The van der Waals surface area contributed by atoms with Gasteiger partial charge < -0.3 is 14.3 Å². The van der Waals surface area contributed by atoms with Crippen molar-refractivity contribution in [2.75, 3.05) is 0 Å². The molecular formula is C16H20O3. The Labute approximate surface area is 113 Å². The molecule has 0 fully saturated rings. The molecule has 0 saturated heterocycles. The summed E-state index contributed by atoms with van der Waals surface area (Å²) in [5.41, 5.74) is 1.67. The molecular weight excluding hydrogens is 240 g/mol. The number of ether oxygens (including phenoxy) is 1. The normalized spacial score (nSPS) is 12.7. The summed E-state index contributed by atoms with van der Waals surface area (Å²) in [7, 11) is 0. The first-order valence-corrected chi connectivity index (χ1v) is 6.62. The molecule has 1 aromatic carbocycles. The SMILES string of the molecule is CCc1occc1C(O)c1ccc(OC(C)C)cc1. The lowest BCUT2D eigenvalue weighted by Gasteiger charge is -2.13. The van der Waals surface area contributed by atoms with E-state index in [2.05, 4.69) is 0 Å². The average molecular weight is 260 g/mol. The molecule has 1 heterocycles. The Morgan fingerprint density at radius 3 is 2.42 bits per heavy atom. The van der Waals surface area contributed by atoms with Gasteiger partial charge in [-0.25, -0.2) is 0 Å². The van der Waals surface area contributed by atoms with Gasteiger partial charge in [-0.15, -0.1) is 0 Å². The number of hydrogen-bond acceptors (Lipinski definition) is 3. The molecule has 0 aliphatic carbocycles. The van der Waals surface area contributed by atoms with Crippen LogP contribution >= 0.6 is 0 Å². The Morgan fingerprint density at radius 2 is 1.84 bits per heavy atom. The fourth-order valence-electron chi connectivity index (χ4n) is 2.06. The van der Waals surface area contributed by atoms with E-state index >= 15 is 0 Å². The van der Waals surface area contributed by atoms with Crippen LogP contribution in [0.15, 0.2) is 41.0 Å². The van der Waals surface area contributed by atoms with Crippen molar-refractivity contribution in [2.24, 2.45) is 0 Å². The second-order valence-corrected chi connectivity index (χ2v) is 4.79. The van der Waals surface area contributed by atoms with Crippen molar-refractivity contribution < 1.29 is 14.3 Å². The molecule has 2 aromatic rings. The molecule has 0 bridgehead atoms. The average Bonchev–Trinajstić information content (AvgIpc) is 2.86. The van der Waals surface area contributed by atoms with Crippen molar-refractivity contribution in [3.63, 3.8) is 0 Å². The zero-order valence-corrected chi connectivity index (χ0v) is 11.6. The van der Waals surface area contributed by atoms with Gasteiger partial charge in [-0.05, 0) is 37.6 Å². The van der Waals surface area contributed by atoms with Gasteiger partial charge in [-0.2, -0.15) is 0 Å². The Morgan fingerprint density at radius 1 is 1.16 bits per heavy atom.